The summed E-state index contributed by atoms with van der Waals surface area (Å²) >= 11 is 0. The van der Waals surface area contributed by atoms with E-state index in [4.69, 9.17) is 5.73 Å². The summed E-state index contributed by atoms with van der Waals surface area (Å²) in [5, 5.41) is 0. The molecule has 0 atom stereocenters. The van der Waals surface area contributed by atoms with Crippen LogP contribution in [-0.2, 0) is 6.54 Å². The average Bonchev–Trinajstić information content (AvgIpc) is 2.17. The number of aromatic nitrogens is 2. The van der Waals surface area contributed by atoms with Crippen molar-refractivity contribution < 1.29 is 0 Å². The third-order valence-corrected chi connectivity index (χ3v) is 1.77. The Balaban J connectivity index is 2.77. The maximum absolute atomic E-state index is 5.39. The predicted molar refractivity (Wildman–Crippen MR) is 48.9 cm³/mol. The van der Waals surface area contributed by atoms with Crippen LogP contribution in [0.1, 0.15) is 12.6 Å². The largest absolute Gasteiger partial charge is 0.359 e. The fourth-order valence-electron chi connectivity index (χ4n) is 0.812. The number of hydrogen-bond acceptors (Lipinski definition) is 4. The van der Waals surface area contributed by atoms with E-state index in [0.717, 1.165) is 18.1 Å². The van der Waals surface area contributed by atoms with Gasteiger partial charge in [0.1, 0.15) is 5.82 Å². The summed E-state index contributed by atoms with van der Waals surface area (Å²) < 4.78 is 0. The summed E-state index contributed by atoms with van der Waals surface area (Å²) in [5.74, 6) is 0.884. The standard InChI is InChI=1S/C8H14N4/c1-3-12(2)8-6-10-7(4-9)5-11-8/h5-6H,3-4,9H2,1-2H3. The van der Waals surface area contributed by atoms with Gasteiger partial charge in [-0.2, -0.15) is 0 Å². The fraction of sp³-hybridized carbons (Fsp3) is 0.500. The Morgan fingerprint density at radius 1 is 1.42 bits per heavy atom. The lowest BCUT2D eigenvalue weighted by atomic mass is 10.4. The first-order chi connectivity index (χ1) is 5.77. The highest BCUT2D eigenvalue weighted by molar-refractivity contribution is 5.33. The summed E-state index contributed by atoms with van der Waals surface area (Å²) in [6, 6.07) is 0. The monoisotopic (exact) mass is 166 g/mol. The zero-order valence-electron chi connectivity index (χ0n) is 7.49. The fourth-order valence-corrected chi connectivity index (χ4v) is 0.812. The molecule has 4 heteroatoms. The molecule has 66 valence electrons. The van der Waals surface area contributed by atoms with E-state index in [0.29, 0.717) is 6.54 Å². The summed E-state index contributed by atoms with van der Waals surface area (Å²) in [5.41, 5.74) is 6.21. The Morgan fingerprint density at radius 2 is 2.17 bits per heavy atom. The van der Waals surface area contributed by atoms with Crippen molar-refractivity contribution in [2.45, 2.75) is 13.5 Å². The first-order valence-corrected chi connectivity index (χ1v) is 4.00. The van der Waals surface area contributed by atoms with Gasteiger partial charge in [0.25, 0.3) is 0 Å². The van der Waals surface area contributed by atoms with Crippen molar-refractivity contribution in [1.29, 1.82) is 0 Å². The topological polar surface area (TPSA) is 55.0 Å². The number of hydrogen-bond donors (Lipinski definition) is 1. The van der Waals surface area contributed by atoms with Gasteiger partial charge in [0.2, 0.25) is 0 Å². The van der Waals surface area contributed by atoms with Crippen LogP contribution in [0.5, 0.6) is 0 Å². The van der Waals surface area contributed by atoms with Crippen LogP contribution in [0.25, 0.3) is 0 Å². The lowest BCUT2D eigenvalue weighted by Gasteiger charge is -2.14. The Labute approximate surface area is 72.4 Å². The summed E-state index contributed by atoms with van der Waals surface area (Å²) in [7, 11) is 1.98. The Kier molecular flexibility index (Phi) is 2.99. The van der Waals surface area contributed by atoms with Gasteiger partial charge in [-0.1, -0.05) is 0 Å². The SMILES string of the molecule is CCN(C)c1cnc(CN)cn1. The molecular formula is C8H14N4. The molecule has 2 N–H and O–H groups in total. The zero-order chi connectivity index (χ0) is 8.97. The van der Waals surface area contributed by atoms with Crippen LogP contribution < -0.4 is 10.6 Å². The smallest absolute Gasteiger partial charge is 0.146 e. The van der Waals surface area contributed by atoms with E-state index in [-0.39, 0.29) is 0 Å². The molecule has 1 aromatic rings. The zero-order valence-corrected chi connectivity index (χ0v) is 7.49. The highest BCUT2D eigenvalue weighted by Crippen LogP contribution is 2.05. The molecule has 0 aromatic carbocycles. The molecule has 1 heterocycles. The second-order valence-electron chi connectivity index (χ2n) is 2.58. The Morgan fingerprint density at radius 3 is 2.58 bits per heavy atom. The molecule has 0 radical (unpaired) electrons. The van der Waals surface area contributed by atoms with Gasteiger partial charge < -0.3 is 10.6 Å². The van der Waals surface area contributed by atoms with Gasteiger partial charge in [0.15, 0.2) is 0 Å². The van der Waals surface area contributed by atoms with Crippen LogP contribution in [-0.4, -0.2) is 23.6 Å². The molecule has 0 fully saturated rings. The molecule has 0 amide bonds. The van der Waals surface area contributed by atoms with E-state index >= 15 is 0 Å². The van der Waals surface area contributed by atoms with Gasteiger partial charge in [-0.25, -0.2) is 4.98 Å². The van der Waals surface area contributed by atoms with Crippen LogP contribution in [0, 0.1) is 0 Å². The quantitative estimate of drug-likeness (QED) is 0.705. The van der Waals surface area contributed by atoms with Crippen molar-refractivity contribution in [3.63, 3.8) is 0 Å². The number of nitrogens with zero attached hydrogens (tertiary/aromatic N) is 3. The van der Waals surface area contributed by atoms with E-state index in [2.05, 4.69) is 16.9 Å². The summed E-state index contributed by atoms with van der Waals surface area (Å²) in [6.07, 6.45) is 3.45. The van der Waals surface area contributed by atoms with E-state index < -0.39 is 0 Å². The maximum Gasteiger partial charge on any atom is 0.146 e. The highest BCUT2D eigenvalue weighted by Gasteiger charge is 1.99. The molecule has 0 aliphatic rings. The van der Waals surface area contributed by atoms with Crippen LogP contribution >= 0.6 is 0 Å². The second kappa shape index (κ2) is 4.01. The molecule has 1 rings (SSSR count). The van der Waals surface area contributed by atoms with Crippen LogP contribution in [0.15, 0.2) is 12.4 Å². The van der Waals surface area contributed by atoms with Crippen molar-refractivity contribution in [2.24, 2.45) is 5.73 Å². The molecule has 4 nitrogen and oxygen atoms in total. The molecule has 0 aliphatic carbocycles. The lowest BCUT2D eigenvalue weighted by Crippen LogP contribution is -2.17. The van der Waals surface area contributed by atoms with Gasteiger partial charge in [-0.3, -0.25) is 4.98 Å². The number of nitrogens with two attached hydrogens (primary N) is 1. The lowest BCUT2D eigenvalue weighted by molar-refractivity contribution is 0.900. The van der Waals surface area contributed by atoms with Crippen LogP contribution in [0.3, 0.4) is 0 Å². The minimum atomic E-state index is 0.448. The van der Waals surface area contributed by atoms with E-state index in [1.165, 1.54) is 0 Å². The van der Waals surface area contributed by atoms with Crippen molar-refractivity contribution in [3.8, 4) is 0 Å². The molecule has 0 saturated heterocycles. The summed E-state index contributed by atoms with van der Waals surface area (Å²) in [4.78, 5) is 10.4. The molecule has 1 aromatic heterocycles. The van der Waals surface area contributed by atoms with Crippen molar-refractivity contribution in [1.82, 2.24) is 9.97 Å². The molecule has 0 spiro atoms. The normalized spacial score (nSPS) is 9.92. The Bertz CT molecular complexity index is 231. The first-order valence-electron chi connectivity index (χ1n) is 4.00. The first kappa shape index (κ1) is 8.93. The number of anilines is 1. The molecule has 0 aliphatic heterocycles. The van der Waals surface area contributed by atoms with Crippen LogP contribution in [0.2, 0.25) is 0 Å². The van der Waals surface area contributed by atoms with Gasteiger partial charge in [0, 0.05) is 20.1 Å². The van der Waals surface area contributed by atoms with Crippen molar-refractivity contribution in [2.75, 3.05) is 18.5 Å². The predicted octanol–water partition coefficient (Wildman–Crippen LogP) is 0.391. The van der Waals surface area contributed by atoms with Crippen LogP contribution in [0.4, 0.5) is 5.82 Å². The highest BCUT2D eigenvalue weighted by atomic mass is 15.2. The van der Waals surface area contributed by atoms with E-state index in [1.807, 2.05) is 11.9 Å². The number of rotatable bonds is 3. The van der Waals surface area contributed by atoms with Crippen molar-refractivity contribution >= 4 is 5.82 Å². The van der Waals surface area contributed by atoms with E-state index in [9.17, 15) is 0 Å². The second-order valence-corrected chi connectivity index (χ2v) is 2.58. The maximum atomic E-state index is 5.39. The molecular weight excluding hydrogens is 152 g/mol. The third-order valence-electron chi connectivity index (χ3n) is 1.77. The third kappa shape index (κ3) is 1.92. The van der Waals surface area contributed by atoms with Gasteiger partial charge in [0.05, 0.1) is 18.1 Å². The average molecular weight is 166 g/mol. The van der Waals surface area contributed by atoms with E-state index in [1.54, 1.807) is 12.4 Å². The molecule has 0 unspecified atom stereocenters. The molecule has 12 heavy (non-hydrogen) atoms. The minimum absolute atomic E-state index is 0.448. The van der Waals surface area contributed by atoms with Gasteiger partial charge >= 0.3 is 0 Å². The molecule has 0 saturated carbocycles. The Hall–Kier alpha value is -1.16. The minimum Gasteiger partial charge on any atom is -0.359 e. The summed E-state index contributed by atoms with van der Waals surface area (Å²) in [6.45, 7) is 3.44. The molecule has 0 bridgehead atoms. The van der Waals surface area contributed by atoms with Gasteiger partial charge in [-0.15, -0.1) is 0 Å². The van der Waals surface area contributed by atoms with Gasteiger partial charge in [-0.05, 0) is 6.92 Å². The van der Waals surface area contributed by atoms with Crippen molar-refractivity contribution in [3.05, 3.63) is 18.1 Å².